The van der Waals surface area contributed by atoms with Crippen LogP contribution < -0.4 is 0 Å². The molecule has 0 N–H and O–H groups in total. The van der Waals surface area contributed by atoms with Crippen LogP contribution in [0.4, 0.5) is 4.39 Å². The number of rotatable bonds is 6. The average molecular weight is 379 g/mol. The standard InChI is InChI=1S/C17H22FNO.C7H4O/c1-2-16-6-3-4-12-19(16)13-5-7-17(20)14-8-10-15(18)11-9-14;8-7-5-1-2-6(7)4-3-5/h2,8-11,16H,1,3-7,12-13H2;1-4H. The number of fused-ring (bicyclic) bond motifs is 2. The zero-order chi connectivity index (χ0) is 19.9. The maximum atomic E-state index is 12.8. The molecular formula is C24H26FNO2. The van der Waals surface area contributed by atoms with Gasteiger partial charge in [0, 0.05) is 29.2 Å². The maximum absolute atomic E-state index is 12.8. The van der Waals surface area contributed by atoms with Gasteiger partial charge in [-0.05, 0) is 56.6 Å². The van der Waals surface area contributed by atoms with Gasteiger partial charge in [-0.15, -0.1) is 6.58 Å². The lowest BCUT2D eigenvalue weighted by atomic mass is 10.0. The van der Waals surface area contributed by atoms with Gasteiger partial charge in [0.15, 0.2) is 11.6 Å². The van der Waals surface area contributed by atoms with Gasteiger partial charge >= 0.3 is 0 Å². The van der Waals surface area contributed by atoms with Crippen molar-refractivity contribution in [3.05, 3.63) is 83.8 Å². The van der Waals surface area contributed by atoms with Crippen LogP contribution in [-0.4, -0.2) is 35.6 Å². The highest BCUT2D eigenvalue weighted by molar-refractivity contribution is 6.17. The van der Waals surface area contributed by atoms with Crippen LogP contribution in [0.15, 0.2) is 72.4 Å². The maximum Gasteiger partial charge on any atom is 0.193 e. The summed E-state index contributed by atoms with van der Waals surface area (Å²) in [7, 11) is 0. The molecule has 1 unspecified atom stereocenters. The van der Waals surface area contributed by atoms with E-state index in [9.17, 15) is 14.0 Å². The molecule has 0 aromatic heterocycles. The van der Waals surface area contributed by atoms with Crippen molar-refractivity contribution in [3.8, 4) is 0 Å². The molecule has 1 atom stereocenters. The Morgan fingerprint density at radius 1 is 1.14 bits per heavy atom. The summed E-state index contributed by atoms with van der Waals surface area (Å²) in [5.41, 5.74) is 2.27. The summed E-state index contributed by atoms with van der Waals surface area (Å²) in [5, 5.41) is 0. The van der Waals surface area contributed by atoms with E-state index in [4.69, 9.17) is 0 Å². The zero-order valence-electron chi connectivity index (χ0n) is 16.1. The highest BCUT2D eigenvalue weighted by atomic mass is 19.1. The minimum atomic E-state index is -0.302. The number of benzene rings is 1. The van der Waals surface area contributed by atoms with E-state index < -0.39 is 0 Å². The number of halogens is 1. The number of likely N-dealkylation sites (tertiary alicyclic amines) is 1. The summed E-state index contributed by atoms with van der Waals surface area (Å²) in [4.78, 5) is 25.2. The van der Waals surface area contributed by atoms with Crippen molar-refractivity contribution in [2.24, 2.45) is 0 Å². The fraction of sp³-hybridized carbons (Fsp3) is 0.333. The molecule has 1 aliphatic heterocycles. The van der Waals surface area contributed by atoms with E-state index in [1.54, 1.807) is 12.1 Å². The molecule has 146 valence electrons. The Kier molecular flexibility index (Phi) is 6.88. The molecule has 1 saturated heterocycles. The van der Waals surface area contributed by atoms with Gasteiger partial charge in [-0.2, -0.15) is 0 Å². The van der Waals surface area contributed by atoms with Crippen LogP contribution in [0.25, 0.3) is 0 Å². The first-order valence-corrected chi connectivity index (χ1v) is 9.88. The Morgan fingerprint density at radius 3 is 2.36 bits per heavy atom. The SMILES string of the molecule is C=CC1CCCCN1CCCC(=O)c1ccc(F)cc1.O=C1C2=CC=C1C=C2. The predicted molar refractivity (Wildman–Crippen MR) is 110 cm³/mol. The predicted octanol–water partition coefficient (Wildman–Crippen LogP) is 4.82. The Morgan fingerprint density at radius 2 is 1.82 bits per heavy atom. The van der Waals surface area contributed by atoms with E-state index in [1.165, 1.54) is 31.4 Å². The number of hydrogen-bond donors (Lipinski definition) is 0. The van der Waals surface area contributed by atoms with Crippen LogP contribution in [-0.2, 0) is 4.79 Å². The van der Waals surface area contributed by atoms with Gasteiger partial charge in [0.2, 0.25) is 0 Å². The highest BCUT2D eigenvalue weighted by Gasteiger charge is 2.20. The van der Waals surface area contributed by atoms with Crippen molar-refractivity contribution in [3.63, 3.8) is 0 Å². The molecule has 0 radical (unpaired) electrons. The second-order valence-electron chi connectivity index (χ2n) is 7.27. The fourth-order valence-corrected chi connectivity index (χ4v) is 3.72. The first kappa shape index (κ1) is 20.2. The van der Waals surface area contributed by atoms with Crippen molar-refractivity contribution >= 4 is 11.6 Å². The molecule has 2 aliphatic carbocycles. The molecule has 0 saturated carbocycles. The first-order valence-electron chi connectivity index (χ1n) is 9.88. The van der Waals surface area contributed by atoms with E-state index in [-0.39, 0.29) is 17.4 Å². The number of ketones is 2. The molecule has 4 heteroatoms. The molecule has 1 heterocycles. The van der Waals surface area contributed by atoms with Crippen LogP contribution in [0.3, 0.4) is 0 Å². The summed E-state index contributed by atoms with van der Waals surface area (Å²) in [6.45, 7) is 5.92. The molecule has 1 aromatic carbocycles. The Hall–Kier alpha value is -2.59. The number of Topliss-reactive ketones (excluding diaryl/α,β-unsaturated/α-hetero) is 2. The van der Waals surface area contributed by atoms with Crippen LogP contribution in [0.5, 0.6) is 0 Å². The second-order valence-corrected chi connectivity index (χ2v) is 7.27. The largest absolute Gasteiger partial charge is 0.297 e. The summed E-state index contributed by atoms with van der Waals surface area (Å²) in [6, 6.07) is 6.26. The van der Waals surface area contributed by atoms with E-state index in [2.05, 4.69) is 11.5 Å². The highest BCUT2D eigenvalue weighted by Crippen LogP contribution is 2.23. The quantitative estimate of drug-likeness (QED) is 0.525. The number of carbonyl (C=O) groups excluding carboxylic acids is 2. The van der Waals surface area contributed by atoms with E-state index in [1.807, 2.05) is 30.4 Å². The van der Waals surface area contributed by atoms with Gasteiger partial charge < -0.3 is 0 Å². The number of nitrogens with zero attached hydrogens (tertiary/aromatic N) is 1. The summed E-state index contributed by atoms with van der Waals surface area (Å²) in [6.07, 6.45) is 14.4. The molecule has 3 aliphatic rings. The van der Waals surface area contributed by atoms with Crippen LogP contribution in [0, 0.1) is 5.82 Å². The van der Waals surface area contributed by atoms with Crippen molar-refractivity contribution in [1.29, 1.82) is 0 Å². The van der Waals surface area contributed by atoms with Crippen molar-refractivity contribution in [1.82, 2.24) is 4.90 Å². The topological polar surface area (TPSA) is 37.4 Å². The molecule has 28 heavy (non-hydrogen) atoms. The zero-order valence-corrected chi connectivity index (χ0v) is 16.1. The molecule has 3 nitrogen and oxygen atoms in total. The summed E-state index contributed by atoms with van der Waals surface area (Å²) < 4.78 is 12.8. The van der Waals surface area contributed by atoms with Gasteiger partial charge in [0.1, 0.15) is 5.82 Å². The fourth-order valence-electron chi connectivity index (χ4n) is 3.72. The Labute approximate surface area is 165 Å². The molecule has 1 fully saturated rings. The van der Waals surface area contributed by atoms with Crippen molar-refractivity contribution in [2.45, 2.75) is 38.1 Å². The van der Waals surface area contributed by atoms with E-state index in [0.29, 0.717) is 18.0 Å². The van der Waals surface area contributed by atoms with Gasteiger partial charge in [-0.25, -0.2) is 4.39 Å². The van der Waals surface area contributed by atoms with E-state index in [0.717, 1.165) is 30.7 Å². The number of piperidine rings is 1. The molecule has 2 bridgehead atoms. The van der Waals surface area contributed by atoms with Gasteiger partial charge in [-0.1, -0.05) is 36.8 Å². The molecule has 1 aromatic rings. The molecule has 4 rings (SSSR count). The smallest absolute Gasteiger partial charge is 0.193 e. The van der Waals surface area contributed by atoms with Crippen LogP contribution >= 0.6 is 0 Å². The van der Waals surface area contributed by atoms with Crippen molar-refractivity contribution < 1.29 is 14.0 Å². The lowest BCUT2D eigenvalue weighted by Crippen LogP contribution is -2.38. The molecule has 0 spiro atoms. The monoisotopic (exact) mass is 379 g/mol. The normalized spacial score (nSPS) is 20.3. The third-order valence-corrected chi connectivity index (χ3v) is 5.36. The summed E-state index contributed by atoms with van der Waals surface area (Å²) in [5.74, 6) is -0.0224. The lowest BCUT2D eigenvalue weighted by Gasteiger charge is -2.33. The van der Waals surface area contributed by atoms with Crippen LogP contribution in [0.2, 0.25) is 0 Å². The molecule has 0 amide bonds. The summed E-state index contributed by atoms with van der Waals surface area (Å²) >= 11 is 0. The molecular weight excluding hydrogens is 353 g/mol. The Bertz CT molecular complexity index is 809. The lowest BCUT2D eigenvalue weighted by molar-refractivity contribution is -0.111. The second kappa shape index (κ2) is 9.56. The minimum Gasteiger partial charge on any atom is -0.297 e. The van der Waals surface area contributed by atoms with Gasteiger partial charge in [0.25, 0.3) is 0 Å². The van der Waals surface area contributed by atoms with Crippen molar-refractivity contribution in [2.75, 3.05) is 13.1 Å². The van der Waals surface area contributed by atoms with E-state index >= 15 is 0 Å². The number of carbonyl (C=O) groups is 2. The first-order chi connectivity index (χ1) is 13.6. The number of allylic oxidation sites excluding steroid dienone is 6. The third-order valence-electron chi connectivity index (χ3n) is 5.36. The van der Waals surface area contributed by atoms with Crippen LogP contribution in [0.1, 0.15) is 42.5 Å². The number of hydrogen-bond acceptors (Lipinski definition) is 3. The third kappa shape index (κ3) is 5.02. The van der Waals surface area contributed by atoms with Gasteiger partial charge in [-0.3, -0.25) is 14.5 Å². The van der Waals surface area contributed by atoms with Gasteiger partial charge in [0.05, 0.1) is 0 Å². The average Bonchev–Trinajstić information content (AvgIpc) is 3.26. The minimum absolute atomic E-state index is 0.0946. The Balaban J connectivity index is 0.000000231.